The molecule has 2 N–H and O–H groups in total. The monoisotopic (exact) mass is 396 g/mol. The molecule has 0 aliphatic heterocycles. The van der Waals surface area contributed by atoms with Crippen LogP contribution in [0.4, 0.5) is 11.4 Å². The third-order valence-electron chi connectivity index (χ3n) is 5.51. The lowest BCUT2D eigenvalue weighted by atomic mass is 10.0. The lowest BCUT2D eigenvalue weighted by Crippen LogP contribution is -2.25. The van der Waals surface area contributed by atoms with Crippen molar-refractivity contribution in [2.24, 2.45) is 5.92 Å². The van der Waals surface area contributed by atoms with Crippen LogP contribution in [0.15, 0.2) is 42.6 Å². The standard InChI is InChI=1S/C22H28N4O3/c1-16(19-10-4-5-13-23-19)25-20-12-11-18(15-21(20)26(28)29)22(27)24-14-6-9-17-7-2-3-8-17/h4-5,10-13,15-17,25H,2-3,6-9,14H2,1H3,(H,24,27). The summed E-state index contributed by atoms with van der Waals surface area (Å²) in [5, 5.41) is 17.5. The number of carbonyl (C=O) groups is 1. The van der Waals surface area contributed by atoms with Crippen molar-refractivity contribution < 1.29 is 9.72 Å². The zero-order valence-corrected chi connectivity index (χ0v) is 16.8. The van der Waals surface area contributed by atoms with E-state index in [9.17, 15) is 14.9 Å². The van der Waals surface area contributed by atoms with Gasteiger partial charge < -0.3 is 10.6 Å². The number of hydrogen-bond donors (Lipinski definition) is 2. The molecule has 1 amide bonds. The second-order valence-electron chi connectivity index (χ2n) is 7.66. The minimum absolute atomic E-state index is 0.119. The summed E-state index contributed by atoms with van der Waals surface area (Å²) in [6.07, 6.45) is 8.99. The molecular weight excluding hydrogens is 368 g/mol. The summed E-state index contributed by atoms with van der Waals surface area (Å²) < 4.78 is 0. The summed E-state index contributed by atoms with van der Waals surface area (Å²) in [5.74, 6) is 0.517. The largest absolute Gasteiger partial charge is 0.371 e. The quantitative estimate of drug-likeness (QED) is 0.358. The Morgan fingerprint density at radius 2 is 2.07 bits per heavy atom. The molecule has 0 bridgehead atoms. The van der Waals surface area contributed by atoms with Crippen LogP contribution >= 0.6 is 0 Å². The van der Waals surface area contributed by atoms with Crippen LogP contribution in [0.5, 0.6) is 0 Å². The molecule has 1 unspecified atom stereocenters. The Labute approximate surface area is 171 Å². The van der Waals surface area contributed by atoms with Crippen molar-refractivity contribution in [2.75, 3.05) is 11.9 Å². The van der Waals surface area contributed by atoms with E-state index in [0.717, 1.165) is 24.5 Å². The van der Waals surface area contributed by atoms with Gasteiger partial charge in [0.25, 0.3) is 11.6 Å². The van der Waals surface area contributed by atoms with Gasteiger partial charge >= 0.3 is 0 Å². The van der Waals surface area contributed by atoms with E-state index in [1.165, 1.54) is 31.7 Å². The molecule has 1 aromatic heterocycles. The van der Waals surface area contributed by atoms with Gasteiger partial charge in [0.05, 0.1) is 16.7 Å². The predicted molar refractivity (Wildman–Crippen MR) is 113 cm³/mol. The Balaban J connectivity index is 1.60. The molecule has 1 atom stereocenters. The Bertz CT molecular complexity index is 835. The number of benzene rings is 1. The zero-order valence-electron chi connectivity index (χ0n) is 16.8. The molecule has 2 aromatic rings. The highest BCUT2D eigenvalue weighted by Crippen LogP contribution is 2.29. The average Bonchev–Trinajstić information content (AvgIpc) is 3.25. The van der Waals surface area contributed by atoms with Crippen molar-refractivity contribution >= 4 is 17.3 Å². The summed E-state index contributed by atoms with van der Waals surface area (Å²) in [5.41, 5.74) is 1.33. The fourth-order valence-corrected chi connectivity index (χ4v) is 3.88. The van der Waals surface area contributed by atoms with E-state index in [0.29, 0.717) is 17.8 Å². The second kappa shape index (κ2) is 10.0. The van der Waals surface area contributed by atoms with E-state index in [-0.39, 0.29) is 17.6 Å². The number of nitro benzene ring substituents is 1. The van der Waals surface area contributed by atoms with Crippen molar-refractivity contribution in [1.82, 2.24) is 10.3 Å². The molecule has 154 valence electrons. The molecule has 0 spiro atoms. The molecule has 1 fully saturated rings. The third-order valence-corrected chi connectivity index (χ3v) is 5.51. The molecule has 7 heteroatoms. The third kappa shape index (κ3) is 5.76. The van der Waals surface area contributed by atoms with E-state index in [4.69, 9.17) is 0 Å². The van der Waals surface area contributed by atoms with Gasteiger partial charge in [0.15, 0.2) is 0 Å². The van der Waals surface area contributed by atoms with Crippen molar-refractivity contribution in [2.45, 2.75) is 51.5 Å². The van der Waals surface area contributed by atoms with Crippen LogP contribution in [0, 0.1) is 16.0 Å². The maximum Gasteiger partial charge on any atom is 0.293 e. The van der Waals surface area contributed by atoms with Gasteiger partial charge in [0, 0.05) is 24.4 Å². The number of pyridine rings is 1. The van der Waals surface area contributed by atoms with Crippen molar-refractivity contribution in [1.29, 1.82) is 0 Å². The first-order valence-corrected chi connectivity index (χ1v) is 10.3. The van der Waals surface area contributed by atoms with Crippen LogP contribution in [-0.4, -0.2) is 22.4 Å². The predicted octanol–water partition coefficient (Wildman–Crippen LogP) is 4.86. The molecule has 29 heavy (non-hydrogen) atoms. The highest BCUT2D eigenvalue weighted by atomic mass is 16.6. The van der Waals surface area contributed by atoms with Crippen LogP contribution in [0.2, 0.25) is 0 Å². The van der Waals surface area contributed by atoms with Crippen LogP contribution in [0.3, 0.4) is 0 Å². The molecule has 1 aliphatic rings. The van der Waals surface area contributed by atoms with Crippen LogP contribution < -0.4 is 10.6 Å². The highest BCUT2D eigenvalue weighted by molar-refractivity contribution is 5.95. The Kier molecular flexibility index (Phi) is 7.16. The van der Waals surface area contributed by atoms with Crippen molar-refractivity contribution in [3.63, 3.8) is 0 Å². The van der Waals surface area contributed by atoms with Gasteiger partial charge in [-0.15, -0.1) is 0 Å². The van der Waals surface area contributed by atoms with Crippen LogP contribution in [0.25, 0.3) is 0 Å². The molecule has 1 saturated carbocycles. The fourth-order valence-electron chi connectivity index (χ4n) is 3.88. The molecule has 1 aromatic carbocycles. The summed E-state index contributed by atoms with van der Waals surface area (Å²) in [6.45, 7) is 2.48. The summed E-state index contributed by atoms with van der Waals surface area (Å²) in [7, 11) is 0. The Morgan fingerprint density at radius 3 is 2.76 bits per heavy atom. The van der Waals surface area contributed by atoms with E-state index in [2.05, 4.69) is 15.6 Å². The first-order chi connectivity index (χ1) is 14.0. The van der Waals surface area contributed by atoms with E-state index in [1.54, 1.807) is 18.3 Å². The van der Waals surface area contributed by atoms with E-state index < -0.39 is 4.92 Å². The molecule has 7 nitrogen and oxygen atoms in total. The van der Waals surface area contributed by atoms with Gasteiger partial charge in [-0.05, 0) is 49.9 Å². The highest BCUT2D eigenvalue weighted by Gasteiger charge is 2.20. The van der Waals surface area contributed by atoms with E-state index >= 15 is 0 Å². The normalized spacial score (nSPS) is 15.1. The zero-order chi connectivity index (χ0) is 20.6. The second-order valence-corrected chi connectivity index (χ2v) is 7.66. The number of anilines is 1. The van der Waals surface area contributed by atoms with Crippen LogP contribution in [-0.2, 0) is 0 Å². The van der Waals surface area contributed by atoms with E-state index in [1.807, 2.05) is 25.1 Å². The minimum atomic E-state index is -0.468. The topological polar surface area (TPSA) is 97.2 Å². The number of nitrogens with zero attached hydrogens (tertiary/aromatic N) is 2. The maximum atomic E-state index is 12.4. The maximum absolute atomic E-state index is 12.4. The van der Waals surface area contributed by atoms with Gasteiger partial charge in [-0.3, -0.25) is 19.9 Å². The molecular formula is C22H28N4O3. The van der Waals surface area contributed by atoms with Gasteiger partial charge in [0.2, 0.25) is 0 Å². The molecule has 1 aliphatic carbocycles. The smallest absolute Gasteiger partial charge is 0.293 e. The first-order valence-electron chi connectivity index (χ1n) is 10.3. The van der Waals surface area contributed by atoms with Gasteiger partial charge in [-0.25, -0.2) is 0 Å². The number of carbonyl (C=O) groups excluding carboxylic acids is 1. The molecule has 0 saturated heterocycles. The number of rotatable bonds is 9. The van der Waals surface area contributed by atoms with Crippen molar-refractivity contribution in [3.8, 4) is 0 Å². The van der Waals surface area contributed by atoms with Crippen molar-refractivity contribution in [3.05, 3.63) is 64.0 Å². The number of hydrogen-bond acceptors (Lipinski definition) is 5. The molecule has 0 radical (unpaired) electrons. The molecule has 3 rings (SSSR count). The van der Waals surface area contributed by atoms with Gasteiger partial charge in [-0.2, -0.15) is 0 Å². The Morgan fingerprint density at radius 1 is 1.28 bits per heavy atom. The summed E-state index contributed by atoms with van der Waals surface area (Å²) in [4.78, 5) is 27.7. The number of nitro groups is 1. The fraction of sp³-hybridized carbons (Fsp3) is 0.455. The Hall–Kier alpha value is -2.96. The summed E-state index contributed by atoms with van der Waals surface area (Å²) in [6, 6.07) is 9.88. The number of amides is 1. The average molecular weight is 396 g/mol. The number of aromatic nitrogens is 1. The molecule has 1 heterocycles. The SMILES string of the molecule is CC(Nc1ccc(C(=O)NCCCC2CCCC2)cc1[N+](=O)[O-])c1ccccn1. The lowest BCUT2D eigenvalue weighted by Gasteiger charge is -2.15. The number of nitrogens with one attached hydrogen (secondary N) is 2. The van der Waals surface area contributed by atoms with Gasteiger partial charge in [0.1, 0.15) is 5.69 Å². The lowest BCUT2D eigenvalue weighted by molar-refractivity contribution is -0.384. The van der Waals surface area contributed by atoms with Crippen LogP contribution in [0.1, 0.15) is 67.5 Å². The minimum Gasteiger partial charge on any atom is -0.371 e. The first kappa shape index (κ1) is 20.8. The summed E-state index contributed by atoms with van der Waals surface area (Å²) >= 11 is 0. The van der Waals surface area contributed by atoms with Gasteiger partial charge in [-0.1, -0.05) is 31.7 Å².